The van der Waals surface area contributed by atoms with E-state index < -0.39 is 0 Å². The van der Waals surface area contributed by atoms with E-state index in [0.717, 1.165) is 19.6 Å². The van der Waals surface area contributed by atoms with Crippen LogP contribution in [-0.4, -0.2) is 30.4 Å². The van der Waals surface area contributed by atoms with Crippen molar-refractivity contribution < 1.29 is 0 Å². The van der Waals surface area contributed by atoms with Gasteiger partial charge in [0.1, 0.15) is 5.84 Å². The quantitative estimate of drug-likeness (QED) is 0.662. The molecule has 2 nitrogen and oxygen atoms in total. The second kappa shape index (κ2) is 4.95. The predicted molar refractivity (Wildman–Crippen MR) is 95.2 cm³/mol. The van der Waals surface area contributed by atoms with Crippen LogP contribution < -0.4 is 0 Å². The highest BCUT2D eigenvalue weighted by Crippen LogP contribution is 2.35. The lowest BCUT2D eigenvalue weighted by Crippen LogP contribution is -2.38. The van der Waals surface area contributed by atoms with Gasteiger partial charge < -0.3 is 4.90 Å². The van der Waals surface area contributed by atoms with Crippen molar-refractivity contribution in [3.63, 3.8) is 0 Å². The van der Waals surface area contributed by atoms with Crippen molar-refractivity contribution in [2.24, 2.45) is 4.99 Å². The first-order chi connectivity index (χ1) is 11.4. The average Bonchev–Trinajstić information content (AvgIpc) is 3.09. The lowest BCUT2D eigenvalue weighted by molar-refractivity contribution is 0.426. The minimum Gasteiger partial charge on any atom is -0.354 e. The van der Waals surface area contributed by atoms with Gasteiger partial charge in [0.05, 0.1) is 6.54 Å². The number of aliphatic imine (C=N–C) groups is 1. The number of hydrogen-bond acceptors (Lipinski definition) is 2. The Balaban J connectivity index is 1.67. The van der Waals surface area contributed by atoms with Crippen LogP contribution in [0.1, 0.15) is 22.6 Å². The van der Waals surface area contributed by atoms with Gasteiger partial charge in [-0.3, -0.25) is 4.99 Å². The van der Waals surface area contributed by atoms with Crippen LogP contribution in [0.2, 0.25) is 0 Å². The summed E-state index contributed by atoms with van der Waals surface area (Å²) in [5.74, 6) is 1.62. The molecule has 0 amide bonds. The summed E-state index contributed by atoms with van der Waals surface area (Å²) in [6, 6.07) is 24.3. The van der Waals surface area contributed by atoms with Crippen molar-refractivity contribution in [1.82, 2.24) is 4.90 Å². The summed E-state index contributed by atoms with van der Waals surface area (Å²) >= 11 is 0. The average molecular weight is 298 g/mol. The van der Waals surface area contributed by atoms with Crippen molar-refractivity contribution in [2.75, 3.05) is 19.6 Å². The molecule has 0 radical (unpaired) electrons. The molecule has 3 aromatic rings. The molecule has 5 rings (SSSR count). The highest BCUT2D eigenvalue weighted by molar-refractivity contribution is 6.02. The number of rotatable bonds is 1. The van der Waals surface area contributed by atoms with E-state index >= 15 is 0 Å². The van der Waals surface area contributed by atoms with E-state index in [1.807, 2.05) is 0 Å². The fraction of sp³-hybridized carbons (Fsp3) is 0.190. The fourth-order valence-corrected chi connectivity index (χ4v) is 3.95. The number of amidine groups is 1. The Kier molecular flexibility index (Phi) is 2.77. The van der Waals surface area contributed by atoms with Gasteiger partial charge in [-0.15, -0.1) is 0 Å². The lowest BCUT2D eigenvalue weighted by atomic mass is 9.83. The van der Waals surface area contributed by atoms with Crippen molar-refractivity contribution >= 4 is 16.6 Å². The molecule has 0 bridgehead atoms. The molecule has 2 heterocycles. The third kappa shape index (κ3) is 1.98. The van der Waals surface area contributed by atoms with Crippen molar-refractivity contribution in [3.05, 3.63) is 83.4 Å². The molecule has 2 aliphatic heterocycles. The van der Waals surface area contributed by atoms with Gasteiger partial charge in [-0.2, -0.15) is 0 Å². The second-order valence-electron chi connectivity index (χ2n) is 6.40. The summed E-state index contributed by atoms with van der Waals surface area (Å²) in [6.45, 7) is 3.01. The standard InChI is InChI=1S/C21H18N2/c1-2-6-16-13-17(10-9-15(16)5-1)20-14-23-12-11-22-21(23)19-8-4-3-7-18(19)20/h1-10,13,20H,11-12,14H2. The van der Waals surface area contributed by atoms with Gasteiger partial charge in [0.2, 0.25) is 0 Å². The molecule has 2 aliphatic rings. The summed E-state index contributed by atoms with van der Waals surface area (Å²) in [6.07, 6.45) is 0. The molecule has 0 fully saturated rings. The molecule has 23 heavy (non-hydrogen) atoms. The summed E-state index contributed by atoms with van der Waals surface area (Å²) in [5.41, 5.74) is 4.14. The third-order valence-corrected chi connectivity index (χ3v) is 5.09. The third-order valence-electron chi connectivity index (χ3n) is 5.09. The second-order valence-corrected chi connectivity index (χ2v) is 6.40. The number of fused-ring (bicyclic) bond motifs is 4. The Labute approximate surface area is 136 Å². The molecule has 1 atom stereocenters. The van der Waals surface area contributed by atoms with Crippen LogP contribution in [0.4, 0.5) is 0 Å². The highest BCUT2D eigenvalue weighted by Gasteiger charge is 2.32. The highest BCUT2D eigenvalue weighted by atomic mass is 15.2. The van der Waals surface area contributed by atoms with Crippen molar-refractivity contribution in [3.8, 4) is 0 Å². The Morgan fingerprint density at radius 1 is 0.870 bits per heavy atom. The van der Waals surface area contributed by atoms with Gasteiger partial charge in [-0.1, -0.05) is 66.7 Å². The Morgan fingerprint density at radius 3 is 2.65 bits per heavy atom. The number of hydrogen-bond donors (Lipinski definition) is 0. The maximum absolute atomic E-state index is 4.72. The van der Waals surface area contributed by atoms with Gasteiger partial charge in [-0.05, 0) is 21.9 Å². The molecule has 1 unspecified atom stereocenters. The van der Waals surface area contributed by atoms with Crippen molar-refractivity contribution in [1.29, 1.82) is 0 Å². The lowest BCUT2D eigenvalue weighted by Gasteiger charge is -2.34. The predicted octanol–water partition coefficient (Wildman–Crippen LogP) is 4.05. The molecular weight excluding hydrogens is 280 g/mol. The summed E-state index contributed by atoms with van der Waals surface area (Å²) in [5, 5.41) is 2.63. The normalized spacial score (nSPS) is 19.4. The first kappa shape index (κ1) is 12.9. The van der Waals surface area contributed by atoms with Crippen LogP contribution in [-0.2, 0) is 0 Å². The smallest absolute Gasteiger partial charge is 0.131 e. The van der Waals surface area contributed by atoms with Crippen LogP contribution in [0.5, 0.6) is 0 Å². The maximum atomic E-state index is 4.72. The zero-order valence-corrected chi connectivity index (χ0v) is 12.9. The largest absolute Gasteiger partial charge is 0.354 e. The van der Waals surface area contributed by atoms with E-state index in [-0.39, 0.29) is 0 Å². The molecular formula is C21H18N2. The molecule has 0 aromatic heterocycles. The Bertz CT molecular complexity index is 926. The number of nitrogens with zero attached hydrogens (tertiary/aromatic N) is 2. The van der Waals surface area contributed by atoms with Crippen molar-refractivity contribution in [2.45, 2.75) is 5.92 Å². The van der Waals surface area contributed by atoms with Crippen LogP contribution >= 0.6 is 0 Å². The van der Waals surface area contributed by atoms with Gasteiger partial charge >= 0.3 is 0 Å². The van der Waals surface area contributed by atoms with E-state index in [4.69, 9.17) is 4.99 Å². The Morgan fingerprint density at radius 2 is 1.70 bits per heavy atom. The monoisotopic (exact) mass is 298 g/mol. The van der Waals surface area contributed by atoms with E-state index in [1.165, 1.54) is 33.3 Å². The molecule has 112 valence electrons. The minimum atomic E-state index is 0.424. The molecule has 2 heteroatoms. The van der Waals surface area contributed by atoms with E-state index in [9.17, 15) is 0 Å². The zero-order chi connectivity index (χ0) is 15.2. The molecule has 0 aliphatic carbocycles. The van der Waals surface area contributed by atoms with Gasteiger partial charge in [0, 0.05) is 24.6 Å². The van der Waals surface area contributed by atoms with Gasteiger partial charge in [0.25, 0.3) is 0 Å². The van der Waals surface area contributed by atoms with Crippen LogP contribution in [0, 0.1) is 0 Å². The molecule has 0 saturated carbocycles. The van der Waals surface area contributed by atoms with E-state index in [1.54, 1.807) is 0 Å². The summed E-state index contributed by atoms with van der Waals surface area (Å²) < 4.78 is 0. The van der Waals surface area contributed by atoms with Gasteiger partial charge in [-0.25, -0.2) is 0 Å². The molecule has 0 N–H and O–H groups in total. The SMILES string of the molecule is c1ccc2c(c1)C1=NCCN1CC2c1ccc2ccccc2c1. The van der Waals surface area contributed by atoms with E-state index in [2.05, 4.69) is 71.6 Å². The molecule has 0 spiro atoms. The first-order valence-corrected chi connectivity index (χ1v) is 8.27. The minimum absolute atomic E-state index is 0.424. The zero-order valence-electron chi connectivity index (χ0n) is 12.9. The van der Waals surface area contributed by atoms with E-state index in [0.29, 0.717) is 5.92 Å². The first-order valence-electron chi connectivity index (χ1n) is 8.27. The van der Waals surface area contributed by atoms with Crippen LogP contribution in [0.3, 0.4) is 0 Å². The maximum Gasteiger partial charge on any atom is 0.131 e. The van der Waals surface area contributed by atoms with Crippen LogP contribution in [0.15, 0.2) is 71.7 Å². The summed E-state index contributed by atoms with van der Waals surface area (Å²) in [7, 11) is 0. The number of benzene rings is 3. The molecule has 0 saturated heterocycles. The molecule has 3 aromatic carbocycles. The topological polar surface area (TPSA) is 15.6 Å². The Hall–Kier alpha value is -2.61. The summed E-state index contributed by atoms with van der Waals surface area (Å²) in [4.78, 5) is 7.17. The van der Waals surface area contributed by atoms with Crippen LogP contribution in [0.25, 0.3) is 10.8 Å². The van der Waals surface area contributed by atoms with Gasteiger partial charge in [0.15, 0.2) is 0 Å². The fourth-order valence-electron chi connectivity index (χ4n) is 3.95.